The molecule has 17 heavy (non-hydrogen) atoms. The monoisotopic (exact) mass is 238 g/mol. The molecule has 0 aliphatic rings. The van der Waals surface area contributed by atoms with Gasteiger partial charge in [0.2, 0.25) is 0 Å². The SMILES string of the molecule is C=C/C(C=O)=C(\C=C/N)NC(=O)OC(C)(C)C. The molecular formula is C12H18N2O3. The van der Waals surface area contributed by atoms with Gasteiger partial charge >= 0.3 is 6.09 Å². The van der Waals surface area contributed by atoms with Crippen LogP contribution in [0.2, 0.25) is 0 Å². The molecule has 1 amide bonds. The molecule has 0 aromatic rings. The van der Waals surface area contributed by atoms with Crippen LogP contribution < -0.4 is 11.1 Å². The zero-order valence-corrected chi connectivity index (χ0v) is 10.3. The van der Waals surface area contributed by atoms with E-state index in [2.05, 4.69) is 11.9 Å². The molecule has 0 saturated carbocycles. The van der Waals surface area contributed by atoms with E-state index in [-0.39, 0.29) is 11.3 Å². The second kappa shape index (κ2) is 6.52. The van der Waals surface area contributed by atoms with Crippen LogP contribution >= 0.6 is 0 Å². The Kier molecular flexibility index (Phi) is 5.74. The van der Waals surface area contributed by atoms with E-state index in [1.807, 2.05) is 0 Å². The van der Waals surface area contributed by atoms with Crippen molar-refractivity contribution in [2.45, 2.75) is 26.4 Å². The van der Waals surface area contributed by atoms with Gasteiger partial charge in [-0.3, -0.25) is 10.1 Å². The molecule has 0 bridgehead atoms. The largest absolute Gasteiger partial charge is 0.444 e. The van der Waals surface area contributed by atoms with Crippen LogP contribution in [0.15, 0.2) is 36.2 Å². The van der Waals surface area contributed by atoms with Crippen LogP contribution in [0.1, 0.15) is 20.8 Å². The van der Waals surface area contributed by atoms with E-state index in [0.29, 0.717) is 6.29 Å². The molecule has 0 aromatic heterocycles. The summed E-state index contributed by atoms with van der Waals surface area (Å²) in [6.45, 7) is 8.68. The Balaban J connectivity index is 4.91. The van der Waals surface area contributed by atoms with E-state index in [1.165, 1.54) is 18.4 Å². The lowest BCUT2D eigenvalue weighted by Crippen LogP contribution is -2.32. The maximum absolute atomic E-state index is 11.5. The molecule has 0 aromatic carbocycles. The molecule has 0 heterocycles. The lowest BCUT2D eigenvalue weighted by Gasteiger charge is -2.20. The van der Waals surface area contributed by atoms with Crippen LogP contribution in [0.25, 0.3) is 0 Å². The molecule has 5 heteroatoms. The Morgan fingerprint density at radius 1 is 1.41 bits per heavy atom. The van der Waals surface area contributed by atoms with Crippen molar-refractivity contribution < 1.29 is 14.3 Å². The van der Waals surface area contributed by atoms with Crippen molar-refractivity contribution in [2.24, 2.45) is 5.73 Å². The third kappa shape index (κ3) is 6.19. The van der Waals surface area contributed by atoms with Gasteiger partial charge in [-0.2, -0.15) is 0 Å². The molecule has 0 spiro atoms. The normalized spacial score (nSPS) is 12.9. The lowest BCUT2D eigenvalue weighted by atomic mass is 10.2. The predicted molar refractivity (Wildman–Crippen MR) is 66.0 cm³/mol. The number of carbonyl (C=O) groups excluding carboxylic acids is 2. The third-order valence-electron chi connectivity index (χ3n) is 1.56. The maximum atomic E-state index is 11.5. The molecule has 0 rings (SSSR count). The van der Waals surface area contributed by atoms with Crippen molar-refractivity contribution in [3.8, 4) is 0 Å². The van der Waals surface area contributed by atoms with E-state index >= 15 is 0 Å². The fourth-order valence-electron chi connectivity index (χ4n) is 0.941. The number of alkyl carbamates (subject to hydrolysis) is 1. The molecule has 0 radical (unpaired) electrons. The summed E-state index contributed by atoms with van der Waals surface area (Å²) < 4.78 is 5.04. The van der Waals surface area contributed by atoms with Crippen molar-refractivity contribution in [1.29, 1.82) is 0 Å². The number of nitrogens with one attached hydrogen (secondary N) is 1. The minimum absolute atomic E-state index is 0.220. The summed E-state index contributed by atoms with van der Waals surface area (Å²) in [6.07, 6.45) is 3.82. The quantitative estimate of drug-likeness (QED) is 0.443. The Bertz CT molecular complexity index is 352. The minimum Gasteiger partial charge on any atom is -0.444 e. The van der Waals surface area contributed by atoms with Crippen molar-refractivity contribution in [3.05, 3.63) is 36.2 Å². The second-order valence-corrected chi connectivity index (χ2v) is 4.18. The van der Waals surface area contributed by atoms with Crippen LogP contribution in [0.3, 0.4) is 0 Å². The van der Waals surface area contributed by atoms with Crippen molar-refractivity contribution in [1.82, 2.24) is 5.32 Å². The summed E-state index contributed by atoms with van der Waals surface area (Å²) in [5, 5.41) is 2.43. The molecule has 0 atom stereocenters. The number of hydrogen-bond donors (Lipinski definition) is 2. The number of hydrogen-bond acceptors (Lipinski definition) is 4. The van der Waals surface area contributed by atoms with Gasteiger partial charge in [-0.15, -0.1) is 0 Å². The molecular weight excluding hydrogens is 220 g/mol. The van der Waals surface area contributed by atoms with Gasteiger partial charge in [0.25, 0.3) is 0 Å². The Hall–Kier alpha value is -2.04. The van der Waals surface area contributed by atoms with Crippen LogP contribution in [0.5, 0.6) is 0 Å². The van der Waals surface area contributed by atoms with Gasteiger partial charge in [-0.1, -0.05) is 12.7 Å². The summed E-state index contributed by atoms with van der Waals surface area (Å²) in [5.41, 5.74) is 5.07. The van der Waals surface area contributed by atoms with Crippen molar-refractivity contribution in [3.63, 3.8) is 0 Å². The van der Waals surface area contributed by atoms with E-state index in [4.69, 9.17) is 10.5 Å². The van der Waals surface area contributed by atoms with Crippen LogP contribution in [-0.4, -0.2) is 18.0 Å². The van der Waals surface area contributed by atoms with Gasteiger partial charge in [0.05, 0.1) is 5.70 Å². The number of rotatable bonds is 4. The third-order valence-corrected chi connectivity index (χ3v) is 1.56. The zero-order valence-electron chi connectivity index (χ0n) is 10.3. The number of carbonyl (C=O) groups is 2. The van der Waals surface area contributed by atoms with Crippen LogP contribution in [0.4, 0.5) is 4.79 Å². The number of aldehydes is 1. The highest BCUT2D eigenvalue weighted by molar-refractivity contribution is 5.82. The first-order chi connectivity index (χ1) is 7.84. The highest BCUT2D eigenvalue weighted by Crippen LogP contribution is 2.08. The summed E-state index contributed by atoms with van der Waals surface area (Å²) in [7, 11) is 0. The molecule has 5 nitrogen and oxygen atoms in total. The topological polar surface area (TPSA) is 81.4 Å². The second-order valence-electron chi connectivity index (χ2n) is 4.18. The van der Waals surface area contributed by atoms with Gasteiger partial charge in [-0.05, 0) is 33.0 Å². The smallest absolute Gasteiger partial charge is 0.412 e. The first-order valence-electron chi connectivity index (χ1n) is 5.04. The average molecular weight is 238 g/mol. The maximum Gasteiger partial charge on any atom is 0.412 e. The molecule has 3 N–H and O–H groups in total. The van der Waals surface area contributed by atoms with Gasteiger partial charge < -0.3 is 10.5 Å². The van der Waals surface area contributed by atoms with E-state index in [9.17, 15) is 9.59 Å². The van der Waals surface area contributed by atoms with E-state index in [1.54, 1.807) is 20.8 Å². The summed E-state index contributed by atoms with van der Waals surface area (Å²) >= 11 is 0. The first-order valence-corrected chi connectivity index (χ1v) is 5.04. The summed E-state index contributed by atoms with van der Waals surface area (Å²) in [5.74, 6) is 0. The van der Waals surface area contributed by atoms with E-state index in [0.717, 1.165) is 0 Å². The predicted octanol–water partition coefficient (Wildman–Crippen LogP) is 1.62. The highest BCUT2D eigenvalue weighted by atomic mass is 16.6. The Morgan fingerprint density at radius 2 is 2.00 bits per heavy atom. The fourth-order valence-corrected chi connectivity index (χ4v) is 0.941. The molecule has 0 saturated heterocycles. The molecule has 94 valence electrons. The zero-order chi connectivity index (χ0) is 13.5. The Labute approximate surface area is 101 Å². The van der Waals surface area contributed by atoms with Gasteiger partial charge in [0.15, 0.2) is 6.29 Å². The Morgan fingerprint density at radius 3 is 2.35 bits per heavy atom. The summed E-state index contributed by atoms with van der Waals surface area (Å²) in [6, 6.07) is 0. The fraction of sp³-hybridized carbons (Fsp3) is 0.333. The number of allylic oxidation sites excluding steroid dienone is 3. The van der Waals surface area contributed by atoms with E-state index < -0.39 is 11.7 Å². The molecule has 0 aliphatic heterocycles. The molecule has 0 aliphatic carbocycles. The number of ether oxygens (including phenoxy) is 1. The standard InChI is InChI=1S/C12H18N2O3/c1-5-9(8-15)10(6-7-13)14-11(16)17-12(2,3)4/h5-8H,1,13H2,2-4H3,(H,14,16)/b7-6-,10-9-. The van der Waals surface area contributed by atoms with Crippen LogP contribution in [-0.2, 0) is 9.53 Å². The highest BCUT2D eigenvalue weighted by Gasteiger charge is 2.17. The number of nitrogens with two attached hydrogens (primary N) is 1. The van der Waals surface area contributed by atoms with Crippen LogP contribution in [0, 0.1) is 0 Å². The molecule has 0 fully saturated rings. The summed E-state index contributed by atoms with van der Waals surface area (Å²) in [4.78, 5) is 22.2. The number of amides is 1. The van der Waals surface area contributed by atoms with Crippen molar-refractivity contribution >= 4 is 12.4 Å². The first kappa shape index (κ1) is 15.0. The lowest BCUT2D eigenvalue weighted by molar-refractivity contribution is -0.104. The molecule has 0 unspecified atom stereocenters. The minimum atomic E-state index is -0.660. The van der Waals surface area contributed by atoms with Crippen molar-refractivity contribution in [2.75, 3.05) is 0 Å². The average Bonchev–Trinajstić information content (AvgIpc) is 2.16. The van der Waals surface area contributed by atoms with Gasteiger partial charge in [-0.25, -0.2) is 4.79 Å². The van der Waals surface area contributed by atoms with Gasteiger partial charge in [0, 0.05) is 5.57 Å². The van der Waals surface area contributed by atoms with Gasteiger partial charge in [0.1, 0.15) is 5.60 Å².